The molecule has 2 aromatic rings. The largest absolute Gasteiger partial charge is 0.468 e. The van der Waals surface area contributed by atoms with Crippen LogP contribution >= 0.6 is 11.3 Å². The van der Waals surface area contributed by atoms with E-state index in [-0.39, 0.29) is 0 Å². The van der Waals surface area contributed by atoms with Crippen LogP contribution in [0.1, 0.15) is 16.7 Å². The predicted octanol–water partition coefficient (Wildman–Crippen LogP) is 2.75. The maximum atomic E-state index is 11.4. The predicted molar refractivity (Wildman–Crippen MR) is 90.2 cm³/mol. The van der Waals surface area contributed by atoms with Crippen LogP contribution in [0.15, 0.2) is 36.4 Å². The Morgan fingerprint density at radius 2 is 1.83 bits per heavy atom. The number of rotatable bonds is 7. The van der Waals surface area contributed by atoms with Gasteiger partial charge in [0.2, 0.25) is 0 Å². The van der Waals surface area contributed by atoms with Crippen LogP contribution in [0.3, 0.4) is 0 Å². The molecular weight excluding hydrogens is 314 g/mol. The highest BCUT2D eigenvalue weighted by Crippen LogP contribution is 2.35. The van der Waals surface area contributed by atoms with E-state index in [1.54, 1.807) is 25.6 Å². The molecule has 0 aliphatic heterocycles. The minimum absolute atomic E-state index is 0.404. The average molecular weight is 335 g/mol. The number of methoxy groups -OCH3 is 3. The minimum Gasteiger partial charge on any atom is -0.468 e. The van der Waals surface area contributed by atoms with Gasteiger partial charge in [0.1, 0.15) is 6.04 Å². The fourth-order valence-electron chi connectivity index (χ4n) is 2.36. The van der Waals surface area contributed by atoms with Gasteiger partial charge in [-0.1, -0.05) is 24.3 Å². The number of hydrogen-bond acceptors (Lipinski definition) is 6. The summed E-state index contributed by atoms with van der Waals surface area (Å²) in [5.41, 5.74) is 7.83. The second-order valence-electron chi connectivity index (χ2n) is 4.99. The smallest absolute Gasteiger partial charge is 0.323 e. The third-order valence-electron chi connectivity index (χ3n) is 3.50. The van der Waals surface area contributed by atoms with Crippen LogP contribution in [0.4, 0.5) is 0 Å². The van der Waals surface area contributed by atoms with Crippen molar-refractivity contribution in [2.24, 2.45) is 5.73 Å². The molecule has 1 atom stereocenters. The van der Waals surface area contributed by atoms with E-state index in [2.05, 4.69) is 4.74 Å². The molecule has 1 aromatic carbocycles. The Labute approximate surface area is 140 Å². The van der Waals surface area contributed by atoms with Crippen molar-refractivity contribution in [3.63, 3.8) is 0 Å². The molecule has 124 valence electrons. The summed E-state index contributed by atoms with van der Waals surface area (Å²) in [5, 5.41) is 0. The zero-order valence-electron chi connectivity index (χ0n) is 13.4. The van der Waals surface area contributed by atoms with E-state index in [0.717, 1.165) is 20.9 Å². The van der Waals surface area contributed by atoms with E-state index in [1.165, 1.54) is 7.11 Å². The van der Waals surface area contributed by atoms with Crippen molar-refractivity contribution in [2.75, 3.05) is 21.3 Å². The monoisotopic (exact) mass is 335 g/mol. The Morgan fingerprint density at radius 3 is 2.48 bits per heavy atom. The van der Waals surface area contributed by atoms with Gasteiger partial charge in [0, 0.05) is 36.0 Å². The third-order valence-corrected chi connectivity index (χ3v) is 4.64. The molecule has 0 saturated heterocycles. The Bertz CT molecular complexity index is 652. The van der Waals surface area contributed by atoms with Gasteiger partial charge < -0.3 is 19.9 Å². The number of carbonyl (C=O) groups is 1. The molecule has 0 saturated carbocycles. The second kappa shape index (κ2) is 8.21. The lowest BCUT2D eigenvalue weighted by molar-refractivity contribution is -0.142. The summed E-state index contributed by atoms with van der Waals surface area (Å²) in [6.07, 6.45) is 0.0337. The number of nitrogens with two attached hydrogens (primary N) is 1. The Morgan fingerprint density at radius 1 is 1.13 bits per heavy atom. The Balaban J connectivity index is 2.26. The van der Waals surface area contributed by atoms with E-state index in [0.29, 0.717) is 6.42 Å². The quantitative estimate of drug-likeness (QED) is 0.622. The molecule has 0 aliphatic rings. The summed E-state index contributed by atoms with van der Waals surface area (Å²) < 4.78 is 15.4. The minimum atomic E-state index is -0.646. The van der Waals surface area contributed by atoms with Gasteiger partial charge in [-0.05, 0) is 17.7 Å². The molecule has 5 nitrogen and oxygen atoms in total. The lowest BCUT2D eigenvalue weighted by Gasteiger charge is -2.16. The van der Waals surface area contributed by atoms with Crippen LogP contribution in [0.2, 0.25) is 0 Å². The van der Waals surface area contributed by atoms with Crippen LogP contribution in [0, 0.1) is 0 Å². The molecule has 6 heteroatoms. The molecule has 1 aromatic heterocycles. The van der Waals surface area contributed by atoms with Gasteiger partial charge in [0.05, 0.1) is 7.11 Å². The molecule has 0 fully saturated rings. The van der Waals surface area contributed by atoms with Crippen molar-refractivity contribution >= 4 is 17.3 Å². The first-order valence-corrected chi connectivity index (χ1v) is 7.99. The number of hydrogen-bond donors (Lipinski definition) is 1. The molecular formula is C17H21NO4S. The van der Waals surface area contributed by atoms with E-state index in [4.69, 9.17) is 15.2 Å². The number of esters is 1. The maximum absolute atomic E-state index is 11.4. The summed E-state index contributed by atoms with van der Waals surface area (Å²) in [4.78, 5) is 13.5. The number of ether oxygens (including phenoxy) is 3. The molecule has 1 unspecified atom stereocenters. The number of benzene rings is 1. The van der Waals surface area contributed by atoms with Gasteiger partial charge >= 0.3 is 5.97 Å². The van der Waals surface area contributed by atoms with Crippen molar-refractivity contribution in [1.29, 1.82) is 0 Å². The van der Waals surface area contributed by atoms with Crippen molar-refractivity contribution in [3.8, 4) is 10.4 Å². The SMILES string of the molecule is COC(=O)C(N)Cc1ccc(-c2ccccc2C(OC)OC)s1. The highest BCUT2D eigenvalue weighted by Gasteiger charge is 2.18. The van der Waals surface area contributed by atoms with Crippen LogP contribution < -0.4 is 5.73 Å². The number of carbonyl (C=O) groups excluding carboxylic acids is 1. The van der Waals surface area contributed by atoms with Crippen LogP contribution in [0.5, 0.6) is 0 Å². The zero-order valence-corrected chi connectivity index (χ0v) is 14.3. The summed E-state index contributed by atoms with van der Waals surface area (Å²) in [7, 11) is 4.56. The Kier molecular flexibility index (Phi) is 6.29. The molecule has 0 spiro atoms. The normalized spacial score (nSPS) is 12.4. The van der Waals surface area contributed by atoms with Gasteiger partial charge in [-0.3, -0.25) is 4.79 Å². The highest BCUT2D eigenvalue weighted by molar-refractivity contribution is 7.15. The van der Waals surface area contributed by atoms with Crippen LogP contribution in [-0.2, 0) is 25.4 Å². The third kappa shape index (κ3) is 4.17. The van der Waals surface area contributed by atoms with Gasteiger partial charge in [-0.15, -0.1) is 11.3 Å². The molecule has 0 bridgehead atoms. The van der Waals surface area contributed by atoms with Crippen LogP contribution in [0.25, 0.3) is 10.4 Å². The first-order chi connectivity index (χ1) is 11.1. The average Bonchev–Trinajstić information content (AvgIpc) is 3.04. The fraction of sp³-hybridized carbons (Fsp3) is 0.353. The topological polar surface area (TPSA) is 70.8 Å². The molecule has 0 radical (unpaired) electrons. The van der Waals surface area contributed by atoms with E-state index >= 15 is 0 Å². The van der Waals surface area contributed by atoms with Gasteiger partial charge in [-0.2, -0.15) is 0 Å². The summed E-state index contributed by atoms with van der Waals surface area (Å²) in [6.45, 7) is 0. The van der Waals surface area contributed by atoms with Gasteiger partial charge in [-0.25, -0.2) is 0 Å². The summed E-state index contributed by atoms with van der Waals surface area (Å²) >= 11 is 1.60. The lowest BCUT2D eigenvalue weighted by atomic mass is 10.1. The van der Waals surface area contributed by atoms with Crippen molar-refractivity contribution in [1.82, 2.24) is 0 Å². The first-order valence-electron chi connectivity index (χ1n) is 7.17. The zero-order chi connectivity index (χ0) is 16.8. The molecule has 23 heavy (non-hydrogen) atoms. The molecule has 1 heterocycles. The maximum Gasteiger partial charge on any atom is 0.323 e. The van der Waals surface area contributed by atoms with E-state index in [1.807, 2.05) is 36.4 Å². The summed E-state index contributed by atoms with van der Waals surface area (Å²) in [6, 6.07) is 11.3. The lowest BCUT2D eigenvalue weighted by Crippen LogP contribution is -2.33. The Hall–Kier alpha value is -1.73. The van der Waals surface area contributed by atoms with E-state index < -0.39 is 18.3 Å². The van der Waals surface area contributed by atoms with Crippen molar-refractivity contribution in [3.05, 3.63) is 46.8 Å². The first kappa shape index (κ1) is 17.6. The fourth-order valence-corrected chi connectivity index (χ4v) is 3.47. The van der Waals surface area contributed by atoms with Crippen LogP contribution in [-0.4, -0.2) is 33.3 Å². The standard InChI is InChI=1S/C17H21NO4S/c1-20-16(19)14(18)10-11-8-9-15(23-11)12-6-4-5-7-13(12)17(21-2)22-3/h4-9,14,17H,10,18H2,1-3H3. The highest BCUT2D eigenvalue weighted by atomic mass is 32.1. The molecule has 0 aliphatic carbocycles. The van der Waals surface area contributed by atoms with Crippen molar-refractivity contribution in [2.45, 2.75) is 18.8 Å². The van der Waals surface area contributed by atoms with E-state index in [9.17, 15) is 4.79 Å². The molecule has 0 amide bonds. The number of thiophene rings is 1. The second-order valence-corrected chi connectivity index (χ2v) is 6.16. The molecule has 2 N–H and O–H groups in total. The van der Waals surface area contributed by atoms with Gasteiger partial charge in [0.25, 0.3) is 0 Å². The van der Waals surface area contributed by atoms with Gasteiger partial charge in [0.15, 0.2) is 6.29 Å². The molecule has 2 rings (SSSR count). The van der Waals surface area contributed by atoms with Crippen molar-refractivity contribution < 1.29 is 19.0 Å². The summed E-state index contributed by atoms with van der Waals surface area (Å²) in [5.74, 6) is -0.404.